The maximum absolute atomic E-state index is 13.7. The van der Waals surface area contributed by atoms with Gasteiger partial charge in [-0.2, -0.15) is 13.2 Å². The number of benzene rings is 2. The van der Waals surface area contributed by atoms with E-state index in [2.05, 4.69) is 30.6 Å². The van der Waals surface area contributed by atoms with Gasteiger partial charge in [-0.3, -0.25) is 4.79 Å². The number of nitrogens with one attached hydrogen (secondary N) is 2. The van der Waals surface area contributed by atoms with E-state index in [-0.39, 0.29) is 41.6 Å². The molecule has 2 heterocycles. The first kappa shape index (κ1) is 33.2. The Balaban J connectivity index is 1.62. The van der Waals surface area contributed by atoms with Crippen LogP contribution in [0.5, 0.6) is 0 Å². The van der Waals surface area contributed by atoms with Crippen molar-refractivity contribution >= 4 is 45.8 Å². The molecule has 0 spiro atoms. The number of carbonyl (C=O) groups excluding carboxylic acids is 1. The average Bonchev–Trinajstić information content (AvgIpc) is 3.00. The van der Waals surface area contributed by atoms with Crippen molar-refractivity contribution in [2.24, 2.45) is 0 Å². The summed E-state index contributed by atoms with van der Waals surface area (Å²) >= 11 is 0. The zero-order chi connectivity index (χ0) is 32.7. The van der Waals surface area contributed by atoms with Crippen LogP contribution in [0.3, 0.4) is 0 Å². The number of carbonyl (C=O) groups is 1. The molecule has 240 valence electrons. The second-order valence-corrected chi connectivity index (χ2v) is 10.6. The number of likely N-dealkylation sites (N-methyl/N-ethyl adjacent to an activating group) is 2. The van der Waals surface area contributed by atoms with Gasteiger partial charge < -0.3 is 25.3 Å². The Morgan fingerprint density at radius 1 is 0.911 bits per heavy atom. The van der Waals surface area contributed by atoms with Gasteiger partial charge >= 0.3 is 6.18 Å². The summed E-state index contributed by atoms with van der Waals surface area (Å²) in [4.78, 5) is 35.3. The van der Waals surface area contributed by atoms with Crippen LogP contribution in [-0.2, 0) is 6.18 Å². The average molecular weight is 632 g/mol. The highest BCUT2D eigenvalue weighted by Crippen LogP contribution is 2.35. The SMILES string of the molecule is Cc1ccc(C(=O)Nc2cc(N(C)CCN(C)C)cc(C(F)(F)F)c2)cc1Nc1ncnc2cnc(N(CCF)CCF)nc12. The fourth-order valence-corrected chi connectivity index (χ4v) is 4.38. The van der Waals surface area contributed by atoms with Gasteiger partial charge in [0.15, 0.2) is 5.82 Å². The van der Waals surface area contributed by atoms with E-state index in [0.29, 0.717) is 30.0 Å². The Morgan fingerprint density at radius 2 is 1.64 bits per heavy atom. The normalized spacial score (nSPS) is 11.6. The summed E-state index contributed by atoms with van der Waals surface area (Å²) in [6, 6.07) is 8.21. The molecule has 0 fully saturated rings. The van der Waals surface area contributed by atoms with Gasteiger partial charge in [0, 0.05) is 55.9 Å². The standard InChI is InChI=1S/C30H34F5N9O/c1-19-5-6-20(28(45)39-22-14-21(30(33,34)35)15-23(16-22)43(4)12-11-42(2)3)13-24(19)40-27-26-25(37-18-38-27)17-36-29(41-26)44(9-7-31)10-8-32/h5-6,13-18H,7-12H2,1-4H3,(H,39,45)(H,37,38,40). The maximum Gasteiger partial charge on any atom is 0.416 e. The number of hydrogen-bond acceptors (Lipinski definition) is 9. The number of alkyl halides is 5. The lowest BCUT2D eigenvalue weighted by Gasteiger charge is -2.23. The van der Waals surface area contributed by atoms with Crippen molar-refractivity contribution in [2.75, 3.05) is 81.1 Å². The maximum atomic E-state index is 13.7. The van der Waals surface area contributed by atoms with Crippen molar-refractivity contribution in [1.82, 2.24) is 24.8 Å². The fraction of sp³-hybridized carbons (Fsp3) is 0.367. The van der Waals surface area contributed by atoms with Crippen LogP contribution >= 0.6 is 0 Å². The number of rotatable bonds is 13. The van der Waals surface area contributed by atoms with Crippen LogP contribution < -0.4 is 20.4 Å². The number of anilines is 5. The van der Waals surface area contributed by atoms with Gasteiger partial charge in [-0.1, -0.05) is 6.07 Å². The van der Waals surface area contributed by atoms with E-state index in [4.69, 9.17) is 0 Å². The van der Waals surface area contributed by atoms with Crippen LogP contribution in [0.15, 0.2) is 48.9 Å². The molecule has 4 rings (SSSR count). The van der Waals surface area contributed by atoms with Crippen molar-refractivity contribution in [3.63, 3.8) is 0 Å². The van der Waals surface area contributed by atoms with Crippen LogP contribution in [-0.4, -0.2) is 91.4 Å². The predicted molar refractivity (Wildman–Crippen MR) is 165 cm³/mol. The Hall–Kier alpha value is -4.66. The molecule has 10 nitrogen and oxygen atoms in total. The molecule has 4 aromatic rings. The number of hydrogen-bond donors (Lipinski definition) is 2. The summed E-state index contributed by atoms with van der Waals surface area (Å²) in [7, 11) is 5.42. The third-order valence-electron chi connectivity index (χ3n) is 6.94. The molecule has 0 aliphatic carbocycles. The van der Waals surface area contributed by atoms with Crippen LogP contribution in [0.25, 0.3) is 11.0 Å². The minimum Gasteiger partial charge on any atom is -0.373 e. The molecule has 45 heavy (non-hydrogen) atoms. The van der Waals surface area contributed by atoms with Gasteiger partial charge in [-0.25, -0.2) is 28.7 Å². The van der Waals surface area contributed by atoms with Gasteiger partial charge in [0.25, 0.3) is 5.91 Å². The number of aromatic nitrogens is 4. The third-order valence-corrected chi connectivity index (χ3v) is 6.94. The Morgan fingerprint density at radius 3 is 2.31 bits per heavy atom. The molecule has 0 saturated carbocycles. The van der Waals surface area contributed by atoms with Gasteiger partial charge in [0.05, 0.1) is 11.8 Å². The summed E-state index contributed by atoms with van der Waals surface area (Å²) in [5.74, 6) is -0.258. The highest BCUT2D eigenvalue weighted by Gasteiger charge is 2.32. The van der Waals surface area contributed by atoms with Crippen molar-refractivity contribution < 1.29 is 26.7 Å². The number of amides is 1. The lowest BCUT2D eigenvalue weighted by molar-refractivity contribution is -0.137. The van der Waals surface area contributed by atoms with E-state index in [1.165, 1.54) is 29.6 Å². The summed E-state index contributed by atoms with van der Waals surface area (Å²) in [6.45, 7) is 1.25. The number of halogens is 5. The molecule has 1 amide bonds. The summed E-state index contributed by atoms with van der Waals surface area (Å²) in [5.41, 5.74) is 1.46. The first-order valence-electron chi connectivity index (χ1n) is 14.0. The van der Waals surface area contributed by atoms with Gasteiger partial charge in [-0.15, -0.1) is 0 Å². The molecule has 0 aliphatic rings. The number of nitrogens with zero attached hydrogens (tertiary/aromatic N) is 7. The molecular weight excluding hydrogens is 597 g/mol. The van der Waals surface area contributed by atoms with E-state index < -0.39 is 31.0 Å². The van der Waals surface area contributed by atoms with E-state index in [1.54, 1.807) is 31.0 Å². The first-order valence-corrected chi connectivity index (χ1v) is 14.0. The van der Waals surface area contributed by atoms with Crippen LogP contribution in [0.4, 0.5) is 50.8 Å². The number of fused-ring (bicyclic) bond motifs is 1. The smallest absolute Gasteiger partial charge is 0.373 e. The predicted octanol–water partition coefficient (Wildman–Crippen LogP) is 5.49. The zero-order valence-corrected chi connectivity index (χ0v) is 25.3. The topological polar surface area (TPSA) is 102 Å². The molecule has 2 aromatic carbocycles. The summed E-state index contributed by atoms with van der Waals surface area (Å²) < 4.78 is 67.4. The first-order chi connectivity index (χ1) is 21.4. The van der Waals surface area contributed by atoms with Crippen LogP contribution in [0, 0.1) is 6.92 Å². The zero-order valence-electron chi connectivity index (χ0n) is 25.3. The van der Waals surface area contributed by atoms with Gasteiger partial charge in [-0.05, 0) is 56.9 Å². The minimum absolute atomic E-state index is 0.00579. The lowest BCUT2D eigenvalue weighted by Crippen LogP contribution is -2.29. The highest BCUT2D eigenvalue weighted by atomic mass is 19.4. The largest absolute Gasteiger partial charge is 0.416 e. The van der Waals surface area contributed by atoms with E-state index >= 15 is 0 Å². The second kappa shape index (κ2) is 14.4. The Bertz CT molecular complexity index is 1630. The molecule has 15 heteroatoms. The molecule has 0 bridgehead atoms. The van der Waals surface area contributed by atoms with Crippen molar-refractivity contribution in [2.45, 2.75) is 13.1 Å². The molecule has 0 aliphatic heterocycles. The molecule has 0 unspecified atom stereocenters. The molecule has 0 saturated heterocycles. The monoisotopic (exact) mass is 631 g/mol. The molecular formula is C30H34F5N9O. The minimum atomic E-state index is -4.61. The quantitative estimate of drug-likeness (QED) is 0.186. The highest BCUT2D eigenvalue weighted by molar-refractivity contribution is 6.05. The van der Waals surface area contributed by atoms with Crippen molar-refractivity contribution in [1.29, 1.82) is 0 Å². The van der Waals surface area contributed by atoms with E-state index in [1.807, 2.05) is 19.0 Å². The van der Waals surface area contributed by atoms with Crippen LogP contribution in [0.2, 0.25) is 0 Å². The van der Waals surface area contributed by atoms with E-state index in [9.17, 15) is 26.7 Å². The molecule has 0 radical (unpaired) electrons. The van der Waals surface area contributed by atoms with E-state index in [0.717, 1.165) is 17.7 Å². The second-order valence-electron chi connectivity index (χ2n) is 10.6. The van der Waals surface area contributed by atoms with Crippen molar-refractivity contribution in [3.8, 4) is 0 Å². The lowest BCUT2D eigenvalue weighted by atomic mass is 10.1. The summed E-state index contributed by atoms with van der Waals surface area (Å²) in [5, 5.41) is 5.73. The van der Waals surface area contributed by atoms with Crippen molar-refractivity contribution in [3.05, 3.63) is 65.6 Å². The molecule has 2 aromatic heterocycles. The molecule has 0 atom stereocenters. The molecule has 2 N–H and O–H groups in total. The third kappa shape index (κ3) is 8.50. The Labute approximate surface area is 257 Å². The number of aryl methyl sites for hydroxylation is 1. The fourth-order valence-electron chi connectivity index (χ4n) is 4.38. The summed E-state index contributed by atoms with van der Waals surface area (Å²) in [6.07, 6.45) is -1.90. The van der Waals surface area contributed by atoms with Gasteiger partial charge in [0.1, 0.15) is 30.7 Å². The van der Waals surface area contributed by atoms with Crippen LogP contribution in [0.1, 0.15) is 21.5 Å². The Kier molecular flexibility index (Phi) is 10.6. The van der Waals surface area contributed by atoms with Gasteiger partial charge in [0.2, 0.25) is 5.95 Å².